The molecule has 0 bridgehead atoms. The molecular formula is C19H19F2NO. The molecule has 3 rings (SSSR count). The Morgan fingerprint density at radius 1 is 1.26 bits per heavy atom. The Bertz CT molecular complexity index is 783. The first-order valence-electron chi connectivity index (χ1n) is 7.55. The van der Waals surface area contributed by atoms with E-state index in [0.717, 1.165) is 5.56 Å². The first kappa shape index (κ1) is 15.7. The number of halogens is 2. The quantitative estimate of drug-likeness (QED) is 0.791. The zero-order valence-electron chi connectivity index (χ0n) is 13.2. The fourth-order valence-corrected chi connectivity index (χ4v) is 3.16. The predicted octanol–water partition coefficient (Wildman–Crippen LogP) is 4.84. The van der Waals surface area contributed by atoms with Crippen molar-refractivity contribution >= 4 is 0 Å². The Balaban J connectivity index is 2.05. The zero-order valence-corrected chi connectivity index (χ0v) is 13.2. The summed E-state index contributed by atoms with van der Waals surface area (Å²) in [6, 6.07) is 10.2. The van der Waals surface area contributed by atoms with Gasteiger partial charge >= 0.3 is 0 Å². The summed E-state index contributed by atoms with van der Waals surface area (Å²) in [6.45, 7) is 7.34. The molecule has 0 aliphatic heterocycles. The largest absolute Gasteiger partial charge is 0.512 e. The van der Waals surface area contributed by atoms with Gasteiger partial charge in [-0.25, -0.2) is 0 Å². The first-order valence-corrected chi connectivity index (χ1v) is 7.55. The zero-order chi connectivity index (χ0) is 16.8. The molecule has 1 atom stereocenters. The van der Waals surface area contributed by atoms with Crippen LogP contribution in [0, 0.1) is 6.92 Å². The van der Waals surface area contributed by atoms with Gasteiger partial charge in [0.1, 0.15) is 0 Å². The van der Waals surface area contributed by atoms with Crippen LogP contribution in [0.2, 0.25) is 0 Å². The number of aryl methyl sites for hydroxylation is 1. The predicted molar refractivity (Wildman–Crippen MR) is 87.8 cm³/mol. The molecule has 0 saturated heterocycles. The number of nitrogens with one attached hydrogen (secondary N) is 1. The van der Waals surface area contributed by atoms with E-state index in [0.29, 0.717) is 16.7 Å². The normalized spacial score (nSPS) is 15.8. The highest BCUT2D eigenvalue weighted by Crippen LogP contribution is 2.52. The van der Waals surface area contributed by atoms with Gasteiger partial charge < -0.3 is 10.4 Å². The second-order valence-corrected chi connectivity index (χ2v) is 6.05. The van der Waals surface area contributed by atoms with Crippen molar-refractivity contribution in [3.8, 4) is 11.1 Å². The average molecular weight is 315 g/mol. The van der Waals surface area contributed by atoms with Crippen molar-refractivity contribution in [1.82, 2.24) is 5.32 Å². The summed E-state index contributed by atoms with van der Waals surface area (Å²) in [4.78, 5) is 0. The number of alkyl halides is 2. The van der Waals surface area contributed by atoms with Gasteiger partial charge in [-0.1, -0.05) is 36.9 Å². The van der Waals surface area contributed by atoms with Crippen LogP contribution in [0.25, 0.3) is 11.1 Å². The molecule has 0 amide bonds. The molecule has 2 aromatic carbocycles. The Morgan fingerprint density at radius 2 is 2.00 bits per heavy atom. The summed E-state index contributed by atoms with van der Waals surface area (Å²) < 4.78 is 29.4. The average Bonchev–Trinajstić information content (AvgIpc) is 2.74. The minimum Gasteiger partial charge on any atom is -0.512 e. The van der Waals surface area contributed by atoms with Gasteiger partial charge in [-0.05, 0) is 42.2 Å². The number of aliphatic hydroxyl groups excluding tert-OH is 1. The van der Waals surface area contributed by atoms with E-state index in [1.54, 1.807) is 25.1 Å². The van der Waals surface area contributed by atoms with Gasteiger partial charge in [-0.15, -0.1) is 0 Å². The molecule has 2 N–H and O–H groups in total. The van der Waals surface area contributed by atoms with Gasteiger partial charge in [0.2, 0.25) is 0 Å². The number of hydrogen-bond acceptors (Lipinski definition) is 2. The number of aliphatic hydroxyl groups is 1. The molecule has 1 aliphatic carbocycles. The van der Waals surface area contributed by atoms with Crippen LogP contribution in [-0.4, -0.2) is 11.7 Å². The van der Waals surface area contributed by atoms with Crippen LogP contribution in [0.15, 0.2) is 48.7 Å². The fraction of sp³-hybridized carbons (Fsp3) is 0.263. The summed E-state index contributed by atoms with van der Waals surface area (Å²) in [5, 5.41) is 12.3. The lowest BCUT2D eigenvalue weighted by Crippen LogP contribution is -2.21. The number of hydrogen-bond donors (Lipinski definition) is 2. The molecule has 0 radical (unpaired) electrons. The molecule has 0 heterocycles. The maximum Gasteiger partial charge on any atom is 0.299 e. The van der Waals surface area contributed by atoms with Crippen molar-refractivity contribution in [2.75, 3.05) is 6.54 Å². The molecule has 2 nitrogen and oxygen atoms in total. The van der Waals surface area contributed by atoms with Crippen LogP contribution >= 0.6 is 0 Å². The lowest BCUT2D eigenvalue weighted by Gasteiger charge is -2.16. The smallest absolute Gasteiger partial charge is 0.299 e. The maximum atomic E-state index is 14.7. The van der Waals surface area contributed by atoms with Crippen molar-refractivity contribution in [3.05, 3.63) is 71.0 Å². The third-order valence-corrected chi connectivity index (χ3v) is 4.37. The van der Waals surface area contributed by atoms with E-state index in [4.69, 9.17) is 0 Å². The van der Waals surface area contributed by atoms with Crippen molar-refractivity contribution in [2.45, 2.75) is 25.8 Å². The Morgan fingerprint density at radius 3 is 2.70 bits per heavy atom. The van der Waals surface area contributed by atoms with E-state index >= 15 is 0 Å². The highest BCUT2D eigenvalue weighted by Gasteiger charge is 2.45. The summed E-state index contributed by atoms with van der Waals surface area (Å²) in [7, 11) is 0. The third kappa shape index (κ3) is 2.53. The second kappa shape index (κ2) is 5.46. The van der Waals surface area contributed by atoms with E-state index in [9.17, 15) is 13.9 Å². The standard InChI is InChI=1S/C19H19F2NO/c1-11-5-4-6-15-16-9-14(13(3)22-10-12(2)23)7-8-17(16)19(20,21)18(11)15/h4-9,13,22-23H,2,10H2,1,3H3. The molecule has 1 unspecified atom stereocenters. The van der Waals surface area contributed by atoms with Gasteiger partial charge in [-0.3, -0.25) is 0 Å². The molecule has 120 valence electrons. The van der Waals surface area contributed by atoms with Crippen LogP contribution in [0.4, 0.5) is 8.78 Å². The van der Waals surface area contributed by atoms with Crippen LogP contribution in [0.5, 0.6) is 0 Å². The van der Waals surface area contributed by atoms with Crippen molar-refractivity contribution in [1.29, 1.82) is 0 Å². The SMILES string of the molecule is C=C(O)CNC(C)c1ccc2c(c1)-c1cccc(C)c1C2(F)F. The third-order valence-electron chi connectivity index (χ3n) is 4.37. The Kier molecular flexibility index (Phi) is 3.72. The Labute approximate surface area is 134 Å². The number of benzene rings is 2. The molecule has 0 aromatic heterocycles. The summed E-state index contributed by atoms with van der Waals surface area (Å²) in [5.41, 5.74) is 2.86. The fourth-order valence-electron chi connectivity index (χ4n) is 3.16. The van der Waals surface area contributed by atoms with Gasteiger partial charge in [0, 0.05) is 17.2 Å². The summed E-state index contributed by atoms with van der Waals surface area (Å²) in [5.74, 6) is -2.91. The van der Waals surface area contributed by atoms with Crippen LogP contribution in [0.1, 0.15) is 35.2 Å². The monoisotopic (exact) mass is 315 g/mol. The number of fused-ring (bicyclic) bond motifs is 3. The topological polar surface area (TPSA) is 32.3 Å². The molecule has 2 aromatic rings. The molecule has 23 heavy (non-hydrogen) atoms. The molecule has 0 fully saturated rings. The van der Waals surface area contributed by atoms with Gasteiger partial charge in [0.15, 0.2) is 0 Å². The second-order valence-electron chi connectivity index (χ2n) is 6.05. The molecule has 0 saturated carbocycles. The lowest BCUT2D eigenvalue weighted by molar-refractivity contribution is 0.0473. The van der Waals surface area contributed by atoms with E-state index in [2.05, 4.69) is 11.9 Å². The molecule has 1 aliphatic rings. The van der Waals surface area contributed by atoms with Crippen LogP contribution in [-0.2, 0) is 5.92 Å². The minimum absolute atomic E-state index is 0.0468. The Hall–Kier alpha value is -2.20. The van der Waals surface area contributed by atoms with Crippen molar-refractivity contribution in [3.63, 3.8) is 0 Å². The summed E-state index contributed by atoms with van der Waals surface area (Å²) in [6.07, 6.45) is 0. The summed E-state index contributed by atoms with van der Waals surface area (Å²) >= 11 is 0. The van der Waals surface area contributed by atoms with E-state index in [-0.39, 0.29) is 29.5 Å². The van der Waals surface area contributed by atoms with E-state index in [1.165, 1.54) is 6.07 Å². The van der Waals surface area contributed by atoms with Crippen molar-refractivity contribution < 1.29 is 13.9 Å². The van der Waals surface area contributed by atoms with Gasteiger partial charge in [-0.2, -0.15) is 8.78 Å². The molecule has 0 spiro atoms. The molecular weight excluding hydrogens is 296 g/mol. The van der Waals surface area contributed by atoms with E-state index < -0.39 is 5.92 Å². The lowest BCUT2D eigenvalue weighted by atomic mass is 9.99. The number of rotatable bonds is 4. The molecule has 4 heteroatoms. The van der Waals surface area contributed by atoms with Gasteiger partial charge in [0.25, 0.3) is 5.92 Å². The van der Waals surface area contributed by atoms with Gasteiger partial charge in [0.05, 0.1) is 12.3 Å². The van der Waals surface area contributed by atoms with Crippen molar-refractivity contribution in [2.24, 2.45) is 0 Å². The van der Waals surface area contributed by atoms with Crippen LogP contribution < -0.4 is 5.32 Å². The minimum atomic E-state index is -2.95. The maximum absolute atomic E-state index is 14.7. The highest BCUT2D eigenvalue weighted by atomic mass is 19.3. The van der Waals surface area contributed by atoms with Crippen LogP contribution in [0.3, 0.4) is 0 Å². The first-order chi connectivity index (χ1) is 10.8. The van der Waals surface area contributed by atoms with E-state index in [1.807, 2.05) is 19.1 Å². The highest BCUT2D eigenvalue weighted by molar-refractivity contribution is 5.81.